The number of aromatic nitrogens is 2. The van der Waals surface area contributed by atoms with Crippen molar-refractivity contribution in [3.05, 3.63) is 47.4 Å². The molecule has 0 unspecified atom stereocenters. The predicted molar refractivity (Wildman–Crippen MR) is 69.2 cm³/mol. The van der Waals surface area contributed by atoms with E-state index < -0.39 is 5.97 Å². The van der Waals surface area contributed by atoms with Crippen molar-refractivity contribution < 1.29 is 13.9 Å². The van der Waals surface area contributed by atoms with Crippen molar-refractivity contribution in [2.45, 2.75) is 0 Å². The molecule has 0 aliphatic heterocycles. The summed E-state index contributed by atoms with van der Waals surface area (Å²) in [5.74, 6) is 0.707. The maximum atomic E-state index is 11.5. The normalized spacial score (nSPS) is 10.8. The number of fused-ring (bicyclic) bond motifs is 1. The predicted octanol–water partition coefficient (Wildman–Crippen LogP) is 3.03. The minimum Gasteiger partial charge on any atom is -0.465 e. The van der Waals surface area contributed by atoms with Crippen LogP contribution in [0.25, 0.3) is 17.1 Å². The van der Waals surface area contributed by atoms with Crippen molar-refractivity contribution in [2.24, 2.45) is 0 Å². The Morgan fingerprint density at radius 2 is 2.21 bits per heavy atom. The second kappa shape index (κ2) is 4.44. The number of esters is 1. The van der Waals surface area contributed by atoms with Gasteiger partial charge in [-0.1, -0.05) is 0 Å². The van der Waals surface area contributed by atoms with E-state index in [0.29, 0.717) is 17.1 Å². The Morgan fingerprint density at radius 3 is 2.89 bits per heavy atom. The van der Waals surface area contributed by atoms with Gasteiger partial charge in [-0.15, -0.1) is 0 Å². The topological polar surface area (TPSA) is 56.7 Å². The van der Waals surface area contributed by atoms with Crippen molar-refractivity contribution in [3.8, 4) is 11.6 Å². The standard InChI is InChI=1S/C13H9ClN2O3/c1-18-13(17)8-2-3-9-6-15-12(16(9)7-8)10-4-5-11(14)19-10/h2-7H,1H3. The smallest absolute Gasteiger partial charge is 0.339 e. The van der Waals surface area contributed by atoms with Crippen LogP contribution in [-0.2, 0) is 4.74 Å². The van der Waals surface area contributed by atoms with E-state index >= 15 is 0 Å². The number of pyridine rings is 1. The monoisotopic (exact) mass is 276 g/mol. The van der Waals surface area contributed by atoms with Crippen molar-refractivity contribution in [3.63, 3.8) is 0 Å². The lowest BCUT2D eigenvalue weighted by molar-refractivity contribution is 0.0600. The van der Waals surface area contributed by atoms with E-state index in [1.807, 2.05) is 0 Å². The molecular weight excluding hydrogens is 268 g/mol. The van der Waals surface area contributed by atoms with E-state index in [0.717, 1.165) is 5.52 Å². The summed E-state index contributed by atoms with van der Waals surface area (Å²) in [6, 6.07) is 6.83. The van der Waals surface area contributed by atoms with Gasteiger partial charge in [0.1, 0.15) is 0 Å². The van der Waals surface area contributed by atoms with Gasteiger partial charge in [0.05, 0.1) is 24.4 Å². The highest BCUT2D eigenvalue weighted by atomic mass is 35.5. The second-order valence-electron chi connectivity index (χ2n) is 3.89. The van der Waals surface area contributed by atoms with E-state index in [9.17, 15) is 4.79 Å². The third-order valence-corrected chi connectivity index (χ3v) is 2.95. The number of methoxy groups -OCH3 is 1. The van der Waals surface area contributed by atoms with Crippen molar-refractivity contribution in [2.75, 3.05) is 7.11 Å². The summed E-state index contributed by atoms with van der Waals surface area (Å²) >= 11 is 5.75. The van der Waals surface area contributed by atoms with Gasteiger partial charge >= 0.3 is 5.97 Å². The number of halogens is 1. The highest BCUT2D eigenvalue weighted by Gasteiger charge is 2.13. The van der Waals surface area contributed by atoms with Crippen LogP contribution in [0.1, 0.15) is 10.4 Å². The molecule has 3 rings (SSSR count). The highest BCUT2D eigenvalue weighted by molar-refractivity contribution is 6.28. The Labute approximate surface area is 113 Å². The zero-order valence-electron chi connectivity index (χ0n) is 9.96. The summed E-state index contributed by atoms with van der Waals surface area (Å²) in [6.45, 7) is 0. The summed E-state index contributed by atoms with van der Waals surface area (Å²) in [4.78, 5) is 15.8. The fourth-order valence-corrected chi connectivity index (χ4v) is 1.99. The molecule has 0 fully saturated rings. The Balaban J connectivity index is 2.18. The molecule has 0 atom stereocenters. The van der Waals surface area contributed by atoms with Crippen LogP contribution in [0, 0.1) is 0 Å². The Kier molecular flexibility index (Phi) is 2.76. The van der Waals surface area contributed by atoms with Gasteiger partial charge in [-0.05, 0) is 35.9 Å². The molecule has 5 nitrogen and oxygen atoms in total. The van der Waals surface area contributed by atoms with Crippen molar-refractivity contribution in [1.82, 2.24) is 9.38 Å². The fraction of sp³-hybridized carbons (Fsp3) is 0.0769. The first kappa shape index (κ1) is 11.8. The van der Waals surface area contributed by atoms with Crippen LogP contribution in [0.4, 0.5) is 0 Å². The van der Waals surface area contributed by atoms with Gasteiger partial charge in [-0.3, -0.25) is 4.40 Å². The molecule has 0 amide bonds. The van der Waals surface area contributed by atoms with Crippen LogP contribution in [0.2, 0.25) is 5.22 Å². The largest absolute Gasteiger partial charge is 0.465 e. The number of imidazole rings is 1. The Hall–Kier alpha value is -2.27. The summed E-state index contributed by atoms with van der Waals surface area (Å²) < 4.78 is 11.8. The number of hydrogen-bond acceptors (Lipinski definition) is 4. The second-order valence-corrected chi connectivity index (χ2v) is 4.26. The van der Waals surface area contributed by atoms with Crippen LogP contribution < -0.4 is 0 Å². The number of nitrogens with zero attached hydrogens (tertiary/aromatic N) is 2. The van der Waals surface area contributed by atoms with Gasteiger partial charge in [-0.2, -0.15) is 0 Å². The van der Waals surface area contributed by atoms with Crippen LogP contribution in [-0.4, -0.2) is 22.5 Å². The molecule has 0 bridgehead atoms. The average molecular weight is 277 g/mol. The number of ether oxygens (including phenoxy) is 1. The van der Waals surface area contributed by atoms with Crippen LogP contribution >= 0.6 is 11.6 Å². The molecule has 0 saturated heterocycles. The maximum Gasteiger partial charge on any atom is 0.339 e. The highest BCUT2D eigenvalue weighted by Crippen LogP contribution is 2.24. The summed E-state index contributed by atoms with van der Waals surface area (Å²) in [7, 11) is 1.34. The molecule has 3 aromatic rings. The third kappa shape index (κ3) is 1.98. The molecule has 96 valence electrons. The van der Waals surface area contributed by atoms with Gasteiger partial charge in [-0.25, -0.2) is 9.78 Å². The molecule has 0 radical (unpaired) electrons. The lowest BCUT2D eigenvalue weighted by Crippen LogP contribution is -2.03. The summed E-state index contributed by atoms with van der Waals surface area (Å²) in [5.41, 5.74) is 1.28. The fourth-order valence-electron chi connectivity index (χ4n) is 1.85. The first-order valence-corrected chi connectivity index (χ1v) is 5.88. The van der Waals surface area contributed by atoms with Crippen LogP contribution in [0.15, 0.2) is 41.1 Å². The van der Waals surface area contributed by atoms with Gasteiger partial charge < -0.3 is 9.15 Å². The zero-order chi connectivity index (χ0) is 13.4. The third-order valence-electron chi connectivity index (χ3n) is 2.74. The van der Waals surface area contributed by atoms with Crippen molar-refractivity contribution in [1.29, 1.82) is 0 Å². The molecule has 6 heteroatoms. The molecule has 0 aliphatic carbocycles. The van der Waals surface area contributed by atoms with Gasteiger partial charge in [0.2, 0.25) is 0 Å². The molecule has 0 aliphatic rings. The molecule has 0 saturated carbocycles. The lowest BCUT2D eigenvalue weighted by Gasteiger charge is -2.02. The van der Waals surface area contributed by atoms with Crippen LogP contribution in [0.5, 0.6) is 0 Å². The number of carbonyl (C=O) groups excluding carboxylic acids is 1. The molecular formula is C13H9ClN2O3. The van der Waals surface area contributed by atoms with Gasteiger partial charge in [0.25, 0.3) is 0 Å². The first-order chi connectivity index (χ1) is 9.19. The van der Waals surface area contributed by atoms with Crippen molar-refractivity contribution >= 4 is 23.1 Å². The average Bonchev–Trinajstić information content (AvgIpc) is 3.02. The molecule has 19 heavy (non-hydrogen) atoms. The summed E-state index contributed by atoms with van der Waals surface area (Å²) in [6.07, 6.45) is 3.34. The molecule has 3 aromatic heterocycles. The Bertz CT molecular complexity index is 760. The molecule has 0 N–H and O–H groups in total. The molecule has 3 heterocycles. The first-order valence-electron chi connectivity index (χ1n) is 5.50. The van der Waals surface area contributed by atoms with Crippen LogP contribution in [0.3, 0.4) is 0 Å². The lowest BCUT2D eigenvalue weighted by atomic mass is 10.2. The van der Waals surface area contributed by atoms with Gasteiger partial charge in [0.15, 0.2) is 16.8 Å². The summed E-state index contributed by atoms with van der Waals surface area (Å²) in [5, 5.41) is 0.288. The van der Waals surface area contributed by atoms with E-state index in [2.05, 4.69) is 4.98 Å². The number of carbonyl (C=O) groups is 1. The molecule has 0 aromatic carbocycles. The van der Waals surface area contributed by atoms with E-state index in [-0.39, 0.29) is 5.22 Å². The van der Waals surface area contributed by atoms with E-state index in [1.165, 1.54) is 7.11 Å². The van der Waals surface area contributed by atoms with Gasteiger partial charge in [0, 0.05) is 6.20 Å². The zero-order valence-corrected chi connectivity index (χ0v) is 10.7. The van der Waals surface area contributed by atoms with E-state index in [1.54, 1.807) is 41.1 Å². The van der Waals surface area contributed by atoms with E-state index in [4.69, 9.17) is 20.8 Å². The minimum atomic E-state index is -0.404. The SMILES string of the molecule is COC(=O)c1ccc2cnc(-c3ccc(Cl)o3)n2c1. The molecule has 0 spiro atoms. The number of hydrogen-bond donors (Lipinski definition) is 0. The minimum absolute atomic E-state index is 0.288. The number of rotatable bonds is 2. The maximum absolute atomic E-state index is 11.5. The number of furan rings is 1. The quantitative estimate of drug-likeness (QED) is 0.675. The Morgan fingerprint density at radius 1 is 1.37 bits per heavy atom.